The highest BCUT2D eigenvalue weighted by Crippen LogP contribution is 2.27. The van der Waals surface area contributed by atoms with Gasteiger partial charge < -0.3 is 0 Å². The molecule has 0 saturated heterocycles. The molecule has 0 aromatic heterocycles. The van der Waals surface area contributed by atoms with Crippen LogP contribution >= 0.6 is 0 Å². The molecule has 0 radical (unpaired) electrons. The van der Waals surface area contributed by atoms with Gasteiger partial charge >= 0.3 is 0 Å². The molecule has 0 amide bonds. The summed E-state index contributed by atoms with van der Waals surface area (Å²) in [5.74, 6) is 4.88. The molecular formula is C29H22F2. The molecule has 4 aromatic rings. The summed E-state index contributed by atoms with van der Waals surface area (Å²) in [6, 6.07) is 26.4. The molecule has 0 spiro atoms. The number of halogens is 2. The fourth-order valence-electron chi connectivity index (χ4n) is 3.49. The first-order valence-electron chi connectivity index (χ1n) is 10.3. The van der Waals surface area contributed by atoms with Crippen molar-refractivity contribution in [3.05, 3.63) is 119 Å². The molecule has 0 saturated carbocycles. The van der Waals surface area contributed by atoms with Gasteiger partial charge in [0.05, 0.1) is 0 Å². The van der Waals surface area contributed by atoms with Crippen LogP contribution in [0.4, 0.5) is 8.78 Å². The molecule has 4 aromatic carbocycles. The summed E-state index contributed by atoms with van der Waals surface area (Å²) in [5.41, 5.74) is 8.13. The van der Waals surface area contributed by atoms with Gasteiger partial charge in [-0.05, 0) is 77.6 Å². The van der Waals surface area contributed by atoms with Crippen molar-refractivity contribution in [1.29, 1.82) is 0 Å². The summed E-state index contributed by atoms with van der Waals surface area (Å²) in [5, 5.41) is 0. The van der Waals surface area contributed by atoms with Crippen molar-refractivity contribution in [1.82, 2.24) is 0 Å². The SMILES string of the molecule is CCc1cc(-c2ccc(-c3ccc(F)c(F)c3)cc2)ccc1C#Cc1ccc(C)cc1. The molecule has 0 heterocycles. The predicted octanol–water partition coefficient (Wildman–Crippen LogP) is 7.57. The predicted molar refractivity (Wildman–Crippen MR) is 124 cm³/mol. The van der Waals surface area contributed by atoms with Gasteiger partial charge in [-0.25, -0.2) is 8.78 Å². The van der Waals surface area contributed by atoms with E-state index in [0.717, 1.165) is 40.3 Å². The Morgan fingerprint density at radius 2 is 1.19 bits per heavy atom. The van der Waals surface area contributed by atoms with Gasteiger partial charge in [0.25, 0.3) is 0 Å². The summed E-state index contributed by atoms with van der Waals surface area (Å²) < 4.78 is 26.7. The Morgan fingerprint density at radius 3 is 1.81 bits per heavy atom. The maximum Gasteiger partial charge on any atom is 0.159 e. The van der Waals surface area contributed by atoms with Crippen molar-refractivity contribution in [2.45, 2.75) is 20.3 Å². The van der Waals surface area contributed by atoms with Crippen molar-refractivity contribution in [2.24, 2.45) is 0 Å². The highest BCUT2D eigenvalue weighted by atomic mass is 19.2. The first-order chi connectivity index (χ1) is 15.0. The second-order valence-electron chi connectivity index (χ2n) is 7.55. The van der Waals surface area contributed by atoms with E-state index in [9.17, 15) is 8.78 Å². The fraction of sp³-hybridized carbons (Fsp3) is 0.103. The molecule has 0 nitrogen and oxygen atoms in total. The minimum absolute atomic E-state index is 0.654. The number of hydrogen-bond acceptors (Lipinski definition) is 0. The van der Waals surface area contributed by atoms with Crippen molar-refractivity contribution >= 4 is 0 Å². The zero-order valence-electron chi connectivity index (χ0n) is 17.5. The zero-order valence-corrected chi connectivity index (χ0v) is 17.5. The fourth-order valence-corrected chi connectivity index (χ4v) is 3.49. The van der Waals surface area contributed by atoms with Gasteiger partial charge in [-0.3, -0.25) is 0 Å². The van der Waals surface area contributed by atoms with Gasteiger partial charge in [-0.15, -0.1) is 0 Å². The van der Waals surface area contributed by atoms with Crippen LogP contribution in [0.5, 0.6) is 0 Å². The van der Waals surface area contributed by atoms with Crippen molar-refractivity contribution in [3.63, 3.8) is 0 Å². The van der Waals surface area contributed by atoms with E-state index in [1.54, 1.807) is 6.07 Å². The minimum atomic E-state index is -0.837. The number of hydrogen-bond donors (Lipinski definition) is 0. The molecule has 2 heteroatoms. The van der Waals surface area contributed by atoms with Gasteiger partial charge in [-0.2, -0.15) is 0 Å². The molecule has 0 unspecified atom stereocenters. The summed E-state index contributed by atoms with van der Waals surface area (Å²) in [4.78, 5) is 0. The van der Waals surface area contributed by atoms with Gasteiger partial charge in [0.15, 0.2) is 11.6 Å². The summed E-state index contributed by atoms with van der Waals surface area (Å²) >= 11 is 0. The average Bonchev–Trinajstić information content (AvgIpc) is 2.80. The summed E-state index contributed by atoms with van der Waals surface area (Å²) in [6.45, 7) is 4.19. The highest BCUT2D eigenvalue weighted by molar-refractivity contribution is 5.71. The lowest BCUT2D eigenvalue weighted by Crippen LogP contribution is -1.90. The lowest BCUT2D eigenvalue weighted by atomic mass is 9.96. The molecule has 0 aliphatic carbocycles. The van der Waals surface area contributed by atoms with E-state index in [2.05, 4.69) is 56.0 Å². The van der Waals surface area contributed by atoms with Crippen molar-refractivity contribution in [2.75, 3.05) is 0 Å². The van der Waals surface area contributed by atoms with E-state index < -0.39 is 11.6 Å². The highest BCUT2D eigenvalue weighted by Gasteiger charge is 2.07. The zero-order chi connectivity index (χ0) is 21.8. The molecule has 0 N–H and O–H groups in total. The molecule has 0 aliphatic heterocycles. The quantitative estimate of drug-likeness (QED) is 0.307. The Kier molecular flexibility index (Phi) is 5.96. The third-order valence-corrected chi connectivity index (χ3v) is 5.35. The van der Waals surface area contributed by atoms with E-state index >= 15 is 0 Å². The Hall–Kier alpha value is -3.70. The molecule has 0 bridgehead atoms. The molecular weight excluding hydrogens is 386 g/mol. The van der Waals surface area contributed by atoms with Gasteiger partial charge in [-0.1, -0.05) is 72.9 Å². The summed E-state index contributed by atoms with van der Waals surface area (Å²) in [6.07, 6.45) is 0.888. The average molecular weight is 408 g/mol. The first kappa shape index (κ1) is 20.6. The minimum Gasteiger partial charge on any atom is -0.204 e. The molecule has 0 aliphatic rings. The van der Waals surface area contributed by atoms with E-state index in [0.29, 0.717) is 5.56 Å². The maximum absolute atomic E-state index is 13.5. The van der Waals surface area contributed by atoms with E-state index in [1.165, 1.54) is 17.2 Å². The van der Waals surface area contributed by atoms with Gasteiger partial charge in [0.2, 0.25) is 0 Å². The number of benzene rings is 4. The van der Waals surface area contributed by atoms with Crippen LogP contribution in [0.2, 0.25) is 0 Å². The Balaban J connectivity index is 1.60. The van der Waals surface area contributed by atoms with Gasteiger partial charge in [0, 0.05) is 11.1 Å². The topological polar surface area (TPSA) is 0 Å². The van der Waals surface area contributed by atoms with Crippen LogP contribution < -0.4 is 0 Å². The lowest BCUT2D eigenvalue weighted by Gasteiger charge is -2.09. The van der Waals surface area contributed by atoms with E-state index in [1.807, 2.05) is 36.4 Å². The lowest BCUT2D eigenvalue weighted by molar-refractivity contribution is 0.509. The van der Waals surface area contributed by atoms with Crippen LogP contribution in [-0.4, -0.2) is 0 Å². The van der Waals surface area contributed by atoms with Crippen LogP contribution in [0, 0.1) is 30.4 Å². The van der Waals surface area contributed by atoms with E-state index in [4.69, 9.17) is 0 Å². The largest absolute Gasteiger partial charge is 0.204 e. The monoisotopic (exact) mass is 408 g/mol. The molecule has 0 fully saturated rings. The number of aryl methyl sites for hydroxylation is 2. The third kappa shape index (κ3) is 4.73. The van der Waals surface area contributed by atoms with E-state index in [-0.39, 0.29) is 0 Å². The van der Waals surface area contributed by atoms with Crippen LogP contribution in [0.25, 0.3) is 22.3 Å². The molecule has 0 atom stereocenters. The van der Waals surface area contributed by atoms with Crippen LogP contribution in [0.3, 0.4) is 0 Å². The summed E-state index contributed by atoms with van der Waals surface area (Å²) in [7, 11) is 0. The van der Waals surface area contributed by atoms with Crippen LogP contribution in [-0.2, 0) is 6.42 Å². The Bertz CT molecular complexity index is 1270. The second-order valence-corrected chi connectivity index (χ2v) is 7.55. The maximum atomic E-state index is 13.5. The number of rotatable bonds is 3. The second kappa shape index (κ2) is 8.98. The van der Waals surface area contributed by atoms with Gasteiger partial charge in [0.1, 0.15) is 0 Å². The molecule has 4 rings (SSSR count). The molecule has 31 heavy (non-hydrogen) atoms. The Morgan fingerprint density at radius 1 is 0.613 bits per heavy atom. The molecule has 152 valence electrons. The van der Waals surface area contributed by atoms with Crippen molar-refractivity contribution < 1.29 is 8.78 Å². The normalized spacial score (nSPS) is 10.5. The van der Waals surface area contributed by atoms with Crippen LogP contribution in [0.1, 0.15) is 29.2 Å². The van der Waals surface area contributed by atoms with Crippen LogP contribution in [0.15, 0.2) is 84.9 Å². The standard InChI is InChI=1S/C29H22F2/c1-3-22-18-26(15-14-23(22)9-8-21-6-4-20(2)5-7-21)24-10-12-25(13-11-24)27-16-17-28(30)29(31)19-27/h4-7,10-19H,3H2,1-2H3. The third-order valence-electron chi connectivity index (χ3n) is 5.35. The first-order valence-corrected chi connectivity index (χ1v) is 10.3. The Labute approximate surface area is 182 Å². The van der Waals surface area contributed by atoms with Crippen molar-refractivity contribution in [3.8, 4) is 34.1 Å². The smallest absolute Gasteiger partial charge is 0.159 e.